The summed E-state index contributed by atoms with van der Waals surface area (Å²) in [6.45, 7) is 1.73. The topological polar surface area (TPSA) is 55.3 Å². The number of ether oxygens (including phenoxy) is 1. The number of benzene rings is 1. The molecule has 0 N–H and O–H groups in total. The molecule has 0 amide bonds. The van der Waals surface area contributed by atoms with Gasteiger partial charge in [0.05, 0.1) is 12.5 Å². The highest BCUT2D eigenvalue weighted by Gasteiger charge is 2.29. The third-order valence-electron chi connectivity index (χ3n) is 6.02. The fourth-order valence-corrected chi connectivity index (χ4v) is 5.72. The Labute approximate surface area is 168 Å². The van der Waals surface area contributed by atoms with Crippen molar-refractivity contribution in [1.82, 2.24) is 9.97 Å². The summed E-state index contributed by atoms with van der Waals surface area (Å²) in [7, 11) is 1.64. The molecular formula is C22H23N3O2S. The molecule has 1 fully saturated rings. The molecule has 3 heterocycles. The van der Waals surface area contributed by atoms with Crippen LogP contribution in [0.15, 0.2) is 30.6 Å². The van der Waals surface area contributed by atoms with Gasteiger partial charge in [0.25, 0.3) is 0 Å². The normalized spacial score (nSPS) is 17.1. The van der Waals surface area contributed by atoms with Crippen molar-refractivity contribution in [3.8, 4) is 5.75 Å². The molecule has 1 saturated heterocycles. The van der Waals surface area contributed by atoms with Crippen molar-refractivity contribution in [2.45, 2.75) is 32.1 Å². The van der Waals surface area contributed by atoms with Gasteiger partial charge in [0.1, 0.15) is 22.7 Å². The predicted molar refractivity (Wildman–Crippen MR) is 112 cm³/mol. The van der Waals surface area contributed by atoms with Crippen LogP contribution in [0.2, 0.25) is 0 Å². The summed E-state index contributed by atoms with van der Waals surface area (Å²) >= 11 is 1.83. The lowest BCUT2D eigenvalue weighted by Crippen LogP contribution is -2.37. The number of carbonyl (C=O) groups excluding carboxylic acids is 1. The molecule has 1 aliphatic heterocycles. The Morgan fingerprint density at radius 2 is 1.93 bits per heavy atom. The molecule has 6 heteroatoms. The standard InChI is InChI=1S/C22H23N3O2S/c1-27-16-7-5-14(6-8-16)20(26)15-9-11-25(12-10-15)21-19-17-3-2-4-18(17)28-22(19)24-13-23-21/h5-8,13,15H,2-4,9-12H2,1H3. The number of rotatable bonds is 4. The number of piperidine rings is 1. The summed E-state index contributed by atoms with van der Waals surface area (Å²) in [5.74, 6) is 2.17. The Hall–Kier alpha value is -2.47. The molecule has 144 valence electrons. The molecular weight excluding hydrogens is 370 g/mol. The number of nitrogens with zero attached hydrogens (tertiary/aromatic N) is 3. The third kappa shape index (κ3) is 2.96. The summed E-state index contributed by atoms with van der Waals surface area (Å²) in [6.07, 6.45) is 6.98. The van der Waals surface area contributed by atoms with Crippen molar-refractivity contribution in [2.75, 3.05) is 25.1 Å². The van der Waals surface area contributed by atoms with E-state index in [1.54, 1.807) is 13.4 Å². The zero-order chi connectivity index (χ0) is 19.1. The molecule has 0 radical (unpaired) electrons. The number of hydrogen-bond donors (Lipinski definition) is 0. The van der Waals surface area contributed by atoms with Crippen molar-refractivity contribution in [3.63, 3.8) is 0 Å². The quantitative estimate of drug-likeness (QED) is 0.619. The van der Waals surface area contributed by atoms with Gasteiger partial charge in [0.15, 0.2) is 5.78 Å². The van der Waals surface area contributed by atoms with Crippen molar-refractivity contribution < 1.29 is 9.53 Å². The van der Waals surface area contributed by atoms with E-state index in [2.05, 4.69) is 14.9 Å². The van der Waals surface area contributed by atoms with Gasteiger partial charge in [-0.05, 0) is 61.9 Å². The second kappa shape index (κ2) is 7.17. The molecule has 28 heavy (non-hydrogen) atoms. The fourth-order valence-electron chi connectivity index (χ4n) is 4.50. The van der Waals surface area contributed by atoms with E-state index >= 15 is 0 Å². The maximum absolute atomic E-state index is 12.9. The number of hydrogen-bond acceptors (Lipinski definition) is 6. The lowest BCUT2D eigenvalue weighted by Gasteiger charge is -2.32. The van der Waals surface area contributed by atoms with E-state index < -0.39 is 0 Å². The lowest BCUT2D eigenvalue weighted by molar-refractivity contribution is 0.0900. The van der Waals surface area contributed by atoms with Gasteiger partial charge in [-0.15, -0.1) is 11.3 Å². The van der Waals surface area contributed by atoms with Crippen molar-refractivity contribution in [1.29, 1.82) is 0 Å². The van der Waals surface area contributed by atoms with E-state index in [0.29, 0.717) is 0 Å². The SMILES string of the molecule is COc1ccc(C(=O)C2CCN(c3ncnc4sc5c(c34)CCC5)CC2)cc1. The van der Waals surface area contributed by atoms with Crippen LogP contribution >= 0.6 is 11.3 Å². The molecule has 0 atom stereocenters. The van der Waals surface area contributed by atoms with Crippen LogP contribution in [0.3, 0.4) is 0 Å². The van der Waals surface area contributed by atoms with Crippen LogP contribution in [-0.2, 0) is 12.8 Å². The molecule has 0 saturated carbocycles. The van der Waals surface area contributed by atoms with Crippen LogP contribution < -0.4 is 9.64 Å². The average molecular weight is 394 g/mol. The molecule has 2 aromatic heterocycles. The maximum Gasteiger partial charge on any atom is 0.166 e. The minimum absolute atomic E-state index is 0.0789. The largest absolute Gasteiger partial charge is 0.497 e. The van der Waals surface area contributed by atoms with Crippen LogP contribution in [0.5, 0.6) is 5.75 Å². The first-order valence-corrected chi connectivity index (χ1v) is 10.7. The highest BCUT2D eigenvalue weighted by molar-refractivity contribution is 7.19. The second-order valence-electron chi connectivity index (χ2n) is 7.59. The van der Waals surface area contributed by atoms with E-state index in [1.807, 2.05) is 35.6 Å². The van der Waals surface area contributed by atoms with Gasteiger partial charge in [-0.25, -0.2) is 9.97 Å². The molecule has 1 aromatic carbocycles. The Morgan fingerprint density at radius 3 is 2.68 bits per heavy atom. The van der Waals surface area contributed by atoms with Gasteiger partial charge >= 0.3 is 0 Å². The number of fused-ring (bicyclic) bond motifs is 3. The molecule has 5 rings (SSSR count). The number of thiophene rings is 1. The van der Waals surface area contributed by atoms with Crippen LogP contribution in [0.4, 0.5) is 5.82 Å². The number of anilines is 1. The van der Waals surface area contributed by atoms with Crippen LogP contribution in [-0.4, -0.2) is 36.0 Å². The van der Waals surface area contributed by atoms with Gasteiger partial charge in [-0.3, -0.25) is 4.79 Å². The molecule has 1 aliphatic carbocycles. The Kier molecular flexibility index (Phi) is 4.51. The monoisotopic (exact) mass is 393 g/mol. The molecule has 3 aromatic rings. The smallest absolute Gasteiger partial charge is 0.166 e. The van der Waals surface area contributed by atoms with Crippen molar-refractivity contribution >= 4 is 33.2 Å². The first-order valence-electron chi connectivity index (χ1n) is 9.93. The van der Waals surface area contributed by atoms with E-state index in [9.17, 15) is 4.79 Å². The number of aromatic nitrogens is 2. The number of carbonyl (C=O) groups is 1. The number of aryl methyl sites for hydroxylation is 2. The molecule has 0 spiro atoms. The van der Waals surface area contributed by atoms with Gasteiger partial charge in [0.2, 0.25) is 0 Å². The average Bonchev–Trinajstić information content (AvgIpc) is 3.34. The minimum Gasteiger partial charge on any atom is -0.497 e. The Bertz CT molecular complexity index is 1020. The highest BCUT2D eigenvalue weighted by Crippen LogP contribution is 2.40. The molecule has 0 bridgehead atoms. The number of methoxy groups -OCH3 is 1. The summed E-state index contributed by atoms with van der Waals surface area (Å²) in [5.41, 5.74) is 2.24. The van der Waals surface area contributed by atoms with Gasteiger partial charge in [-0.2, -0.15) is 0 Å². The van der Waals surface area contributed by atoms with Crippen LogP contribution in [0.25, 0.3) is 10.2 Å². The zero-order valence-corrected chi connectivity index (χ0v) is 16.8. The van der Waals surface area contributed by atoms with Crippen LogP contribution in [0, 0.1) is 5.92 Å². The fraction of sp³-hybridized carbons (Fsp3) is 0.409. The van der Waals surface area contributed by atoms with E-state index in [1.165, 1.54) is 28.7 Å². The van der Waals surface area contributed by atoms with Crippen molar-refractivity contribution in [3.05, 3.63) is 46.6 Å². The van der Waals surface area contributed by atoms with Gasteiger partial charge in [0, 0.05) is 29.4 Å². The molecule has 0 unspecified atom stereocenters. The first kappa shape index (κ1) is 17.6. The zero-order valence-electron chi connectivity index (χ0n) is 16.0. The molecule has 5 nitrogen and oxygen atoms in total. The first-order chi connectivity index (χ1) is 13.7. The maximum atomic E-state index is 12.9. The van der Waals surface area contributed by atoms with Crippen LogP contribution in [0.1, 0.15) is 40.1 Å². The summed E-state index contributed by atoms with van der Waals surface area (Å²) in [6, 6.07) is 7.46. The summed E-state index contributed by atoms with van der Waals surface area (Å²) < 4.78 is 5.19. The Balaban J connectivity index is 1.33. The summed E-state index contributed by atoms with van der Waals surface area (Å²) in [5, 5.41) is 1.26. The number of Topliss-reactive ketones (excluding diaryl/α,β-unsaturated/α-hetero) is 1. The minimum atomic E-state index is 0.0789. The van der Waals surface area contributed by atoms with E-state index in [-0.39, 0.29) is 11.7 Å². The Morgan fingerprint density at radius 1 is 1.14 bits per heavy atom. The highest BCUT2D eigenvalue weighted by atomic mass is 32.1. The summed E-state index contributed by atoms with van der Waals surface area (Å²) in [4.78, 5) is 27.0. The van der Waals surface area contributed by atoms with E-state index in [4.69, 9.17) is 4.74 Å². The van der Waals surface area contributed by atoms with Gasteiger partial charge in [-0.1, -0.05) is 0 Å². The predicted octanol–water partition coefficient (Wildman–Crippen LogP) is 4.29. The van der Waals surface area contributed by atoms with Crippen molar-refractivity contribution in [2.24, 2.45) is 5.92 Å². The van der Waals surface area contributed by atoms with E-state index in [0.717, 1.165) is 54.3 Å². The second-order valence-corrected chi connectivity index (χ2v) is 8.67. The third-order valence-corrected chi connectivity index (χ3v) is 7.22. The van der Waals surface area contributed by atoms with Gasteiger partial charge < -0.3 is 9.64 Å². The number of ketones is 1. The lowest BCUT2D eigenvalue weighted by atomic mass is 9.89. The molecule has 2 aliphatic rings.